The fourth-order valence-electron chi connectivity index (χ4n) is 1.85. The van der Waals surface area contributed by atoms with Crippen LogP contribution in [0.5, 0.6) is 0 Å². The predicted molar refractivity (Wildman–Crippen MR) is 94.7 cm³/mol. The van der Waals surface area contributed by atoms with Crippen molar-refractivity contribution in [2.24, 2.45) is 0 Å². The first-order chi connectivity index (χ1) is 10.8. The van der Waals surface area contributed by atoms with E-state index in [2.05, 4.69) is 55.2 Å². The van der Waals surface area contributed by atoms with Gasteiger partial charge in [-0.15, -0.1) is 5.92 Å². The highest BCUT2D eigenvalue weighted by atomic mass is 16.4. The van der Waals surface area contributed by atoms with E-state index in [0.717, 1.165) is 57.8 Å². The lowest BCUT2D eigenvalue weighted by Gasteiger charge is -1.95. The number of carboxylic acid groups (broad SMARTS) is 1. The molecule has 0 aromatic rings. The zero-order chi connectivity index (χ0) is 16.3. The van der Waals surface area contributed by atoms with Crippen molar-refractivity contribution in [1.82, 2.24) is 0 Å². The Morgan fingerprint density at radius 3 is 2.18 bits per heavy atom. The van der Waals surface area contributed by atoms with Gasteiger partial charge in [0, 0.05) is 19.3 Å². The second kappa shape index (κ2) is 17.3. The first-order valence-electron chi connectivity index (χ1n) is 8.39. The molecule has 0 radical (unpaired) electrons. The van der Waals surface area contributed by atoms with Crippen LogP contribution in [-0.2, 0) is 4.79 Å². The third-order valence-corrected chi connectivity index (χ3v) is 3.07. The molecule has 0 saturated carbocycles. The van der Waals surface area contributed by atoms with Crippen LogP contribution in [0.3, 0.4) is 0 Å². The molecule has 122 valence electrons. The predicted octanol–water partition coefficient (Wildman–Crippen LogP) is 5.66. The molecule has 0 bridgehead atoms. The molecule has 1 N–H and O–H groups in total. The summed E-state index contributed by atoms with van der Waals surface area (Å²) in [5.74, 6) is 5.62. The lowest BCUT2D eigenvalue weighted by molar-refractivity contribution is -0.137. The van der Waals surface area contributed by atoms with Crippen molar-refractivity contribution >= 4 is 5.97 Å². The summed E-state index contributed by atoms with van der Waals surface area (Å²) in [5.41, 5.74) is 0. The molecular formula is C20H30O2. The van der Waals surface area contributed by atoms with Gasteiger partial charge in [-0.25, -0.2) is 0 Å². The van der Waals surface area contributed by atoms with Crippen molar-refractivity contribution < 1.29 is 9.90 Å². The van der Waals surface area contributed by atoms with E-state index >= 15 is 0 Å². The van der Waals surface area contributed by atoms with Crippen LogP contribution in [0.15, 0.2) is 36.5 Å². The van der Waals surface area contributed by atoms with E-state index in [1.807, 2.05) is 0 Å². The topological polar surface area (TPSA) is 37.3 Å². The molecule has 0 aromatic heterocycles. The largest absolute Gasteiger partial charge is 0.481 e. The van der Waals surface area contributed by atoms with Crippen LogP contribution in [0.2, 0.25) is 0 Å². The third-order valence-electron chi connectivity index (χ3n) is 3.07. The lowest BCUT2D eigenvalue weighted by atomic mass is 10.1. The SMILES string of the molecule is CCC=CCC=CCC=CCC#CCCCCCCC(=O)O. The van der Waals surface area contributed by atoms with Gasteiger partial charge in [-0.05, 0) is 32.1 Å². The molecule has 0 aliphatic carbocycles. The van der Waals surface area contributed by atoms with Gasteiger partial charge in [-0.3, -0.25) is 4.79 Å². The summed E-state index contributed by atoms with van der Waals surface area (Å²) in [5, 5.41) is 8.50. The molecule has 0 amide bonds. The summed E-state index contributed by atoms with van der Waals surface area (Å²) >= 11 is 0. The Kier molecular flexibility index (Phi) is 15.9. The molecule has 0 rings (SSSR count). The highest BCUT2D eigenvalue weighted by Gasteiger charge is 1.95. The van der Waals surface area contributed by atoms with Crippen LogP contribution in [0, 0.1) is 11.8 Å². The Morgan fingerprint density at radius 1 is 0.864 bits per heavy atom. The summed E-state index contributed by atoms with van der Waals surface area (Å²) in [7, 11) is 0. The first-order valence-corrected chi connectivity index (χ1v) is 8.39. The first kappa shape index (κ1) is 20.2. The zero-order valence-corrected chi connectivity index (χ0v) is 13.9. The number of aliphatic carboxylic acids is 1. The van der Waals surface area contributed by atoms with Crippen LogP contribution in [0.25, 0.3) is 0 Å². The molecule has 0 atom stereocenters. The van der Waals surface area contributed by atoms with Gasteiger partial charge in [0.25, 0.3) is 0 Å². The van der Waals surface area contributed by atoms with Gasteiger partial charge in [0.2, 0.25) is 0 Å². The molecule has 0 aromatic carbocycles. The quantitative estimate of drug-likeness (QED) is 0.287. The molecule has 0 heterocycles. The Labute approximate surface area is 136 Å². The van der Waals surface area contributed by atoms with Gasteiger partial charge in [0.05, 0.1) is 0 Å². The molecule has 2 heteroatoms. The second-order valence-electron chi connectivity index (χ2n) is 5.16. The Bertz CT molecular complexity index is 405. The maximum absolute atomic E-state index is 10.3. The maximum Gasteiger partial charge on any atom is 0.303 e. The van der Waals surface area contributed by atoms with Crippen molar-refractivity contribution in [3.05, 3.63) is 36.5 Å². The molecule has 0 fully saturated rings. The second-order valence-corrected chi connectivity index (χ2v) is 5.16. The summed E-state index contributed by atoms with van der Waals surface area (Å²) in [6.07, 6.45) is 22.1. The highest BCUT2D eigenvalue weighted by Crippen LogP contribution is 2.04. The maximum atomic E-state index is 10.3. The van der Waals surface area contributed by atoms with E-state index in [1.54, 1.807) is 0 Å². The van der Waals surface area contributed by atoms with E-state index in [1.165, 1.54) is 0 Å². The van der Waals surface area contributed by atoms with Crippen molar-refractivity contribution in [2.75, 3.05) is 0 Å². The Morgan fingerprint density at radius 2 is 1.50 bits per heavy atom. The zero-order valence-electron chi connectivity index (χ0n) is 13.9. The average Bonchev–Trinajstić information content (AvgIpc) is 2.50. The van der Waals surface area contributed by atoms with Gasteiger partial charge in [0.15, 0.2) is 0 Å². The van der Waals surface area contributed by atoms with Gasteiger partial charge in [-0.2, -0.15) is 0 Å². The molecular weight excluding hydrogens is 272 g/mol. The minimum Gasteiger partial charge on any atom is -0.481 e. The van der Waals surface area contributed by atoms with E-state index < -0.39 is 5.97 Å². The molecule has 0 aliphatic rings. The van der Waals surface area contributed by atoms with E-state index in [4.69, 9.17) is 5.11 Å². The van der Waals surface area contributed by atoms with E-state index in [0.29, 0.717) is 6.42 Å². The van der Waals surface area contributed by atoms with Gasteiger partial charge in [0.1, 0.15) is 0 Å². The Balaban J connectivity index is 3.38. The highest BCUT2D eigenvalue weighted by molar-refractivity contribution is 5.66. The van der Waals surface area contributed by atoms with Crippen molar-refractivity contribution in [3.8, 4) is 11.8 Å². The third kappa shape index (κ3) is 18.2. The monoisotopic (exact) mass is 302 g/mol. The summed E-state index contributed by atoms with van der Waals surface area (Å²) in [6, 6.07) is 0. The smallest absolute Gasteiger partial charge is 0.303 e. The minimum atomic E-state index is -0.696. The fourth-order valence-corrected chi connectivity index (χ4v) is 1.85. The molecule has 0 aliphatic heterocycles. The Hall–Kier alpha value is -1.75. The van der Waals surface area contributed by atoms with Crippen LogP contribution in [0.4, 0.5) is 0 Å². The van der Waals surface area contributed by atoms with Gasteiger partial charge < -0.3 is 5.11 Å². The van der Waals surface area contributed by atoms with E-state index in [-0.39, 0.29) is 0 Å². The normalized spacial score (nSPS) is 11.3. The molecule has 0 saturated heterocycles. The molecule has 22 heavy (non-hydrogen) atoms. The molecule has 0 spiro atoms. The van der Waals surface area contributed by atoms with Gasteiger partial charge >= 0.3 is 5.97 Å². The van der Waals surface area contributed by atoms with E-state index in [9.17, 15) is 4.79 Å². The van der Waals surface area contributed by atoms with Crippen molar-refractivity contribution in [3.63, 3.8) is 0 Å². The van der Waals surface area contributed by atoms with Crippen LogP contribution in [0.1, 0.15) is 71.1 Å². The van der Waals surface area contributed by atoms with Crippen molar-refractivity contribution in [1.29, 1.82) is 0 Å². The number of unbranched alkanes of at least 4 members (excludes halogenated alkanes) is 4. The average molecular weight is 302 g/mol. The fraction of sp³-hybridized carbons (Fsp3) is 0.550. The van der Waals surface area contributed by atoms with Crippen LogP contribution >= 0.6 is 0 Å². The number of hydrogen-bond acceptors (Lipinski definition) is 1. The van der Waals surface area contributed by atoms with Crippen LogP contribution in [-0.4, -0.2) is 11.1 Å². The molecule has 2 nitrogen and oxygen atoms in total. The summed E-state index contributed by atoms with van der Waals surface area (Å²) in [4.78, 5) is 10.3. The lowest BCUT2D eigenvalue weighted by Crippen LogP contribution is -1.93. The standard InChI is InChI=1S/C20H30O2/c1-2-3-4-5-6-7-8-9-10-11-12-13-14-15-16-17-18-19-20(21)22/h3-4,6-7,9-10H,2,5,8,11,14-19H2,1H3,(H,21,22). The number of allylic oxidation sites excluding steroid dienone is 6. The van der Waals surface area contributed by atoms with Crippen molar-refractivity contribution in [2.45, 2.75) is 71.1 Å². The number of rotatable bonds is 12. The number of hydrogen-bond donors (Lipinski definition) is 1. The summed E-state index contributed by atoms with van der Waals surface area (Å²) < 4.78 is 0. The minimum absolute atomic E-state index is 0.291. The summed E-state index contributed by atoms with van der Waals surface area (Å²) in [6.45, 7) is 2.14. The number of carboxylic acids is 1. The molecule has 0 unspecified atom stereocenters. The van der Waals surface area contributed by atoms with Crippen LogP contribution < -0.4 is 0 Å². The van der Waals surface area contributed by atoms with Gasteiger partial charge in [-0.1, -0.05) is 62.1 Å². The number of carbonyl (C=O) groups is 1.